The molecule has 0 aromatic carbocycles. The summed E-state index contributed by atoms with van der Waals surface area (Å²) >= 11 is 5.71. The van der Waals surface area contributed by atoms with E-state index in [4.69, 9.17) is 11.6 Å². The number of aromatic nitrogens is 2. The smallest absolute Gasteiger partial charge is 0.224 e. The van der Waals surface area contributed by atoms with Gasteiger partial charge in [0.25, 0.3) is 0 Å². The highest BCUT2D eigenvalue weighted by atomic mass is 35.5. The first-order valence-corrected chi connectivity index (χ1v) is 6.01. The fourth-order valence-electron chi connectivity index (χ4n) is 2.13. The molecule has 1 aliphatic rings. The Morgan fingerprint density at radius 3 is 3.06 bits per heavy atom. The van der Waals surface area contributed by atoms with E-state index in [-0.39, 0.29) is 5.28 Å². The normalized spacial score (nSPS) is 21.9. The highest BCUT2D eigenvalue weighted by Crippen LogP contribution is 2.25. The van der Waals surface area contributed by atoms with E-state index in [1.807, 2.05) is 4.90 Å². The topological polar surface area (TPSA) is 29.0 Å². The van der Waals surface area contributed by atoms with Crippen LogP contribution in [-0.2, 0) is 0 Å². The second-order valence-electron chi connectivity index (χ2n) is 4.20. The first-order valence-electron chi connectivity index (χ1n) is 5.63. The van der Waals surface area contributed by atoms with E-state index in [0.29, 0.717) is 11.9 Å². The summed E-state index contributed by atoms with van der Waals surface area (Å²) in [6.45, 7) is 2.94. The lowest BCUT2D eigenvalue weighted by Gasteiger charge is -2.28. The summed E-state index contributed by atoms with van der Waals surface area (Å²) < 4.78 is 13.6. The van der Waals surface area contributed by atoms with Crippen LogP contribution in [0.25, 0.3) is 0 Å². The summed E-state index contributed by atoms with van der Waals surface area (Å²) in [5.74, 6) is -0.0486. The highest BCUT2D eigenvalue weighted by molar-refractivity contribution is 6.28. The Hall–Kier alpha value is -0.900. The molecule has 0 radical (unpaired) electrons. The average Bonchev–Trinajstić information content (AvgIpc) is 2.47. The second-order valence-corrected chi connectivity index (χ2v) is 4.54. The van der Waals surface area contributed by atoms with Gasteiger partial charge in [0, 0.05) is 12.6 Å². The molecule has 1 fully saturated rings. The van der Waals surface area contributed by atoms with Gasteiger partial charge in [-0.25, -0.2) is 9.37 Å². The van der Waals surface area contributed by atoms with E-state index in [1.165, 1.54) is 12.8 Å². The van der Waals surface area contributed by atoms with Crippen LogP contribution < -0.4 is 4.90 Å². The number of halogens is 2. The van der Waals surface area contributed by atoms with Gasteiger partial charge in [0.2, 0.25) is 5.28 Å². The van der Waals surface area contributed by atoms with Crippen molar-refractivity contribution in [3.05, 3.63) is 17.3 Å². The third kappa shape index (κ3) is 2.43. The Balaban J connectivity index is 2.29. The second kappa shape index (κ2) is 4.95. The molecular weight excluding hydrogens is 229 g/mol. The third-order valence-corrected chi connectivity index (χ3v) is 3.20. The summed E-state index contributed by atoms with van der Waals surface area (Å²) in [5, 5.41) is 0.104. The van der Waals surface area contributed by atoms with Crippen LogP contribution in [0.1, 0.15) is 32.6 Å². The van der Waals surface area contributed by atoms with E-state index in [0.717, 1.165) is 25.6 Å². The lowest BCUT2D eigenvalue weighted by Crippen LogP contribution is -2.34. The summed E-state index contributed by atoms with van der Waals surface area (Å²) in [7, 11) is 0. The number of nitrogens with zero attached hydrogens (tertiary/aromatic N) is 3. The van der Waals surface area contributed by atoms with Gasteiger partial charge in [-0.3, -0.25) is 0 Å². The Bertz CT molecular complexity index is 372. The van der Waals surface area contributed by atoms with Gasteiger partial charge in [-0.1, -0.05) is 12.8 Å². The SMILES string of the molecule is CC1CCCCCN1c1nc(Cl)ncc1F. The minimum Gasteiger partial charge on any atom is -0.351 e. The van der Waals surface area contributed by atoms with E-state index in [2.05, 4.69) is 16.9 Å². The Morgan fingerprint density at radius 1 is 1.44 bits per heavy atom. The van der Waals surface area contributed by atoms with Gasteiger partial charge in [-0.05, 0) is 31.4 Å². The molecule has 1 aliphatic heterocycles. The monoisotopic (exact) mass is 243 g/mol. The molecule has 0 N–H and O–H groups in total. The molecule has 1 aromatic rings. The summed E-state index contributed by atoms with van der Waals surface area (Å²) in [5.41, 5.74) is 0. The minimum atomic E-state index is -0.391. The fraction of sp³-hybridized carbons (Fsp3) is 0.636. The van der Waals surface area contributed by atoms with Gasteiger partial charge in [0.1, 0.15) is 0 Å². The van der Waals surface area contributed by atoms with Gasteiger partial charge in [-0.15, -0.1) is 0 Å². The maximum Gasteiger partial charge on any atom is 0.224 e. The molecule has 1 aromatic heterocycles. The zero-order valence-corrected chi connectivity index (χ0v) is 10.0. The zero-order chi connectivity index (χ0) is 11.5. The van der Waals surface area contributed by atoms with Crippen molar-refractivity contribution in [1.82, 2.24) is 9.97 Å². The van der Waals surface area contributed by atoms with E-state index in [1.54, 1.807) is 0 Å². The van der Waals surface area contributed by atoms with E-state index < -0.39 is 5.82 Å². The molecule has 16 heavy (non-hydrogen) atoms. The first-order chi connectivity index (χ1) is 7.68. The van der Waals surface area contributed by atoms with Crippen LogP contribution in [-0.4, -0.2) is 22.6 Å². The summed E-state index contributed by atoms with van der Waals surface area (Å²) in [4.78, 5) is 9.62. The van der Waals surface area contributed by atoms with Crippen molar-refractivity contribution in [2.45, 2.75) is 38.6 Å². The van der Waals surface area contributed by atoms with Crippen molar-refractivity contribution >= 4 is 17.4 Å². The van der Waals surface area contributed by atoms with Crippen molar-refractivity contribution < 1.29 is 4.39 Å². The lowest BCUT2D eigenvalue weighted by molar-refractivity contribution is 0.567. The number of rotatable bonds is 1. The third-order valence-electron chi connectivity index (χ3n) is 3.02. The molecule has 88 valence electrons. The van der Waals surface area contributed by atoms with Gasteiger partial charge in [0.05, 0.1) is 6.20 Å². The maximum absolute atomic E-state index is 13.6. The minimum absolute atomic E-state index is 0.104. The van der Waals surface area contributed by atoms with Crippen LogP contribution in [0.15, 0.2) is 6.20 Å². The Morgan fingerprint density at radius 2 is 2.25 bits per heavy atom. The molecular formula is C11H15ClFN3. The zero-order valence-electron chi connectivity index (χ0n) is 9.29. The molecule has 1 saturated heterocycles. The van der Waals surface area contributed by atoms with Crippen molar-refractivity contribution in [2.75, 3.05) is 11.4 Å². The van der Waals surface area contributed by atoms with Crippen LogP contribution in [0.4, 0.5) is 10.2 Å². The standard InChI is InChI=1S/C11H15ClFN3/c1-8-5-3-2-4-6-16(8)10-9(13)7-14-11(12)15-10/h7-8H,2-6H2,1H3. The molecule has 1 atom stereocenters. The average molecular weight is 244 g/mol. The number of anilines is 1. The fourth-order valence-corrected chi connectivity index (χ4v) is 2.26. The molecule has 0 saturated carbocycles. The Labute approximate surface area is 99.6 Å². The van der Waals surface area contributed by atoms with E-state index >= 15 is 0 Å². The van der Waals surface area contributed by atoms with Gasteiger partial charge in [0.15, 0.2) is 11.6 Å². The largest absolute Gasteiger partial charge is 0.351 e. The number of hydrogen-bond donors (Lipinski definition) is 0. The van der Waals surface area contributed by atoms with Gasteiger partial charge < -0.3 is 4.90 Å². The molecule has 2 heterocycles. The van der Waals surface area contributed by atoms with Crippen LogP contribution in [0.3, 0.4) is 0 Å². The molecule has 1 unspecified atom stereocenters. The Kier molecular flexibility index (Phi) is 3.59. The van der Waals surface area contributed by atoms with Crippen LogP contribution in [0, 0.1) is 5.82 Å². The molecule has 0 spiro atoms. The lowest BCUT2D eigenvalue weighted by atomic mass is 10.1. The molecule has 0 bridgehead atoms. The van der Waals surface area contributed by atoms with E-state index in [9.17, 15) is 4.39 Å². The quantitative estimate of drug-likeness (QED) is 0.710. The molecule has 0 amide bonds. The highest BCUT2D eigenvalue weighted by Gasteiger charge is 2.21. The number of hydrogen-bond acceptors (Lipinski definition) is 3. The van der Waals surface area contributed by atoms with Gasteiger partial charge >= 0.3 is 0 Å². The van der Waals surface area contributed by atoms with Crippen LogP contribution in [0.2, 0.25) is 5.28 Å². The van der Waals surface area contributed by atoms with Gasteiger partial charge in [-0.2, -0.15) is 4.98 Å². The van der Waals surface area contributed by atoms with Crippen molar-refractivity contribution in [1.29, 1.82) is 0 Å². The summed E-state index contributed by atoms with van der Waals surface area (Å²) in [6.07, 6.45) is 5.67. The van der Waals surface area contributed by atoms with Crippen molar-refractivity contribution in [2.24, 2.45) is 0 Å². The maximum atomic E-state index is 13.6. The molecule has 5 heteroatoms. The molecule has 0 aliphatic carbocycles. The van der Waals surface area contributed by atoms with Crippen molar-refractivity contribution in [3.8, 4) is 0 Å². The van der Waals surface area contributed by atoms with Crippen molar-refractivity contribution in [3.63, 3.8) is 0 Å². The van der Waals surface area contributed by atoms with Crippen LogP contribution in [0.5, 0.6) is 0 Å². The predicted molar refractivity (Wildman–Crippen MR) is 62.3 cm³/mol. The predicted octanol–water partition coefficient (Wildman–Crippen LogP) is 3.04. The molecule has 2 rings (SSSR count). The first kappa shape index (κ1) is 11.6. The summed E-state index contributed by atoms with van der Waals surface area (Å²) in [6, 6.07) is 0.308. The molecule has 3 nitrogen and oxygen atoms in total. The van der Waals surface area contributed by atoms with Crippen LogP contribution >= 0.6 is 11.6 Å².